The van der Waals surface area contributed by atoms with Gasteiger partial charge in [-0.05, 0) is 60.1 Å². The fourth-order valence-electron chi connectivity index (χ4n) is 6.62. The topological polar surface area (TPSA) is 81.2 Å². The fourth-order valence-corrected chi connectivity index (χ4v) is 6.62. The Hall–Kier alpha value is -3.61. The maximum atomic E-state index is 14.0. The molecule has 7 nitrogen and oxygen atoms in total. The van der Waals surface area contributed by atoms with E-state index in [1.54, 1.807) is 4.90 Å². The second-order valence-corrected chi connectivity index (χ2v) is 12.5. The molecule has 2 aromatic carbocycles. The second kappa shape index (κ2) is 14.0. The molecule has 2 aliphatic rings. The van der Waals surface area contributed by atoms with Crippen molar-refractivity contribution in [3.63, 3.8) is 0 Å². The molecule has 0 spiro atoms. The number of aliphatic hydroxyl groups excluding tert-OH is 1. The number of likely N-dealkylation sites (tertiary alicyclic amines) is 2. The average molecular weight is 656 g/mol. The van der Waals surface area contributed by atoms with Crippen molar-refractivity contribution in [2.75, 3.05) is 39.8 Å². The highest BCUT2D eigenvalue weighted by atomic mass is 19.4. The van der Waals surface area contributed by atoms with Gasteiger partial charge in [0.25, 0.3) is 0 Å². The predicted octanol–water partition coefficient (Wildman–Crippen LogP) is 5.67. The van der Waals surface area contributed by atoms with Crippen LogP contribution < -0.4 is 0 Å². The van der Waals surface area contributed by atoms with E-state index < -0.39 is 54.4 Å². The van der Waals surface area contributed by atoms with E-state index in [4.69, 9.17) is 5.11 Å². The van der Waals surface area contributed by atoms with Crippen LogP contribution in [0.5, 0.6) is 0 Å². The Kier molecular flexibility index (Phi) is 10.7. The molecule has 2 aromatic rings. The van der Waals surface area contributed by atoms with Gasteiger partial charge in [0, 0.05) is 57.5 Å². The molecule has 46 heavy (non-hydrogen) atoms. The van der Waals surface area contributed by atoms with E-state index in [0.717, 1.165) is 16.0 Å². The van der Waals surface area contributed by atoms with E-state index in [9.17, 15) is 40.7 Å². The van der Waals surface area contributed by atoms with Crippen LogP contribution in [0.2, 0.25) is 0 Å². The summed E-state index contributed by atoms with van der Waals surface area (Å²) >= 11 is 0. The zero-order valence-corrected chi connectivity index (χ0v) is 26.0. The van der Waals surface area contributed by atoms with Gasteiger partial charge in [-0.15, -0.1) is 0 Å². The highest BCUT2D eigenvalue weighted by Crippen LogP contribution is 2.40. The molecule has 4 rings (SSSR count). The number of aliphatic hydroxyl groups is 1. The number of halogens is 6. The molecule has 1 N–H and O–H groups in total. The lowest BCUT2D eigenvalue weighted by Gasteiger charge is -2.42. The first kappa shape index (κ1) is 35.2. The van der Waals surface area contributed by atoms with Gasteiger partial charge in [-0.3, -0.25) is 14.4 Å². The number of rotatable bonds is 7. The Labute approximate surface area is 264 Å². The number of carbonyl (C=O) groups excluding carboxylic acids is 3. The summed E-state index contributed by atoms with van der Waals surface area (Å²) in [5.41, 5.74) is -1.34. The van der Waals surface area contributed by atoms with Crippen LogP contribution in [0.3, 0.4) is 0 Å². The Morgan fingerprint density at radius 1 is 0.891 bits per heavy atom. The lowest BCUT2D eigenvalue weighted by Crippen LogP contribution is -2.51. The molecule has 0 unspecified atom stereocenters. The van der Waals surface area contributed by atoms with Crippen molar-refractivity contribution in [1.82, 2.24) is 14.7 Å². The third-order valence-corrected chi connectivity index (χ3v) is 9.03. The molecular weight excluding hydrogens is 616 g/mol. The largest absolute Gasteiger partial charge is 0.416 e. The van der Waals surface area contributed by atoms with Crippen LogP contribution in [0.15, 0.2) is 42.5 Å². The molecule has 2 atom stereocenters. The van der Waals surface area contributed by atoms with Gasteiger partial charge in [0.1, 0.15) is 6.61 Å². The van der Waals surface area contributed by atoms with E-state index in [2.05, 4.69) is 0 Å². The number of carbonyl (C=O) groups is 3. The molecule has 252 valence electrons. The third kappa shape index (κ3) is 8.02. The van der Waals surface area contributed by atoms with Crippen LogP contribution in [-0.2, 0) is 33.3 Å². The summed E-state index contributed by atoms with van der Waals surface area (Å²) in [6.07, 6.45) is -8.87. The summed E-state index contributed by atoms with van der Waals surface area (Å²) in [4.78, 5) is 43.9. The maximum absolute atomic E-state index is 14.0. The molecule has 0 aromatic heterocycles. The monoisotopic (exact) mass is 655 g/mol. The molecule has 3 amide bonds. The van der Waals surface area contributed by atoms with E-state index in [1.807, 2.05) is 38.1 Å². The average Bonchev–Trinajstić information content (AvgIpc) is 3.02. The van der Waals surface area contributed by atoms with Crippen LogP contribution in [0.25, 0.3) is 0 Å². The van der Waals surface area contributed by atoms with Gasteiger partial charge in [-0.2, -0.15) is 26.3 Å². The summed E-state index contributed by atoms with van der Waals surface area (Å²) < 4.78 is 80.8. The number of nitrogens with zero attached hydrogens (tertiary/aromatic N) is 3. The zero-order chi connectivity index (χ0) is 34.0. The van der Waals surface area contributed by atoms with Gasteiger partial charge >= 0.3 is 12.4 Å². The van der Waals surface area contributed by atoms with Crippen molar-refractivity contribution in [1.29, 1.82) is 0 Å². The van der Waals surface area contributed by atoms with Gasteiger partial charge in [0.15, 0.2) is 0 Å². The van der Waals surface area contributed by atoms with Gasteiger partial charge in [-0.1, -0.05) is 38.1 Å². The Morgan fingerprint density at radius 2 is 1.46 bits per heavy atom. The van der Waals surface area contributed by atoms with E-state index in [0.29, 0.717) is 38.1 Å². The zero-order valence-electron chi connectivity index (χ0n) is 26.0. The molecule has 2 heterocycles. The number of benzene rings is 2. The number of hydrogen-bond donors (Lipinski definition) is 1. The minimum atomic E-state index is -5.01. The van der Waals surface area contributed by atoms with Gasteiger partial charge in [-0.25, -0.2) is 0 Å². The van der Waals surface area contributed by atoms with Gasteiger partial charge < -0.3 is 19.8 Å². The van der Waals surface area contributed by atoms with Crippen molar-refractivity contribution >= 4 is 17.7 Å². The summed E-state index contributed by atoms with van der Waals surface area (Å²) in [6, 6.07) is 8.88. The molecule has 0 saturated carbocycles. The van der Waals surface area contributed by atoms with Crippen molar-refractivity contribution in [3.05, 3.63) is 70.3 Å². The first-order valence-electron chi connectivity index (χ1n) is 15.3. The van der Waals surface area contributed by atoms with Crippen LogP contribution >= 0.6 is 0 Å². The van der Waals surface area contributed by atoms with Crippen LogP contribution in [-0.4, -0.2) is 77.4 Å². The molecule has 0 aliphatic carbocycles. The standard InChI is InChI=1S/C33H39F6N3O4/c1-20(2)25-6-4-5-7-26(25)28-18-42(30(45)22-8-11-41(12-9-22)29(44)19-43)13-10-27(28)31(46)40(3)17-21-14-23(32(34,35)36)16-24(15-21)33(37,38)39/h4-7,14-16,20,22,27-28,43H,8-13,17-19H2,1-3H3/t27-,28+/m1/s1. The smallest absolute Gasteiger partial charge is 0.387 e. The first-order chi connectivity index (χ1) is 21.5. The van der Waals surface area contributed by atoms with Crippen molar-refractivity contribution < 1.29 is 45.8 Å². The van der Waals surface area contributed by atoms with Crippen LogP contribution in [0.4, 0.5) is 26.3 Å². The normalized spacial score (nSPS) is 19.8. The molecule has 2 fully saturated rings. The molecule has 13 heteroatoms. The Bertz CT molecular complexity index is 1390. The quantitative estimate of drug-likeness (QED) is 0.390. The summed E-state index contributed by atoms with van der Waals surface area (Å²) in [7, 11) is 1.36. The molecule has 2 aliphatic heterocycles. The molecule has 2 saturated heterocycles. The van der Waals surface area contributed by atoms with Gasteiger partial charge in [0.2, 0.25) is 17.7 Å². The lowest BCUT2D eigenvalue weighted by atomic mass is 9.76. The number of alkyl halides is 6. The molecular formula is C33H39F6N3O4. The summed E-state index contributed by atoms with van der Waals surface area (Å²) in [5, 5.41) is 9.16. The molecule has 0 bridgehead atoms. The predicted molar refractivity (Wildman–Crippen MR) is 157 cm³/mol. The SMILES string of the molecule is CC(C)c1ccccc1[C@@H]1CN(C(=O)C2CCN(C(=O)CO)CC2)CC[C@H]1C(=O)N(C)Cc1cc(C(F)(F)F)cc(C(F)(F)F)c1. The van der Waals surface area contributed by atoms with Gasteiger partial charge in [0.05, 0.1) is 11.1 Å². The van der Waals surface area contributed by atoms with Crippen LogP contribution in [0, 0.1) is 11.8 Å². The highest BCUT2D eigenvalue weighted by molar-refractivity contribution is 5.83. The first-order valence-corrected chi connectivity index (χ1v) is 15.3. The second-order valence-electron chi connectivity index (χ2n) is 12.5. The highest BCUT2D eigenvalue weighted by Gasteiger charge is 2.41. The van der Waals surface area contributed by atoms with E-state index in [-0.39, 0.29) is 54.8 Å². The van der Waals surface area contributed by atoms with E-state index in [1.165, 1.54) is 11.9 Å². The summed E-state index contributed by atoms with van der Waals surface area (Å²) in [6.45, 7) is 4.10. The number of hydrogen-bond acceptors (Lipinski definition) is 4. The van der Waals surface area contributed by atoms with Crippen molar-refractivity contribution in [2.45, 2.75) is 63.8 Å². The van der Waals surface area contributed by atoms with E-state index >= 15 is 0 Å². The number of piperidine rings is 2. The Morgan fingerprint density at radius 3 is 2.00 bits per heavy atom. The minimum Gasteiger partial charge on any atom is -0.387 e. The molecule has 0 radical (unpaired) electrons. The minimum absolute atomic E-state index is 0.0608. The Balaban J connectivity index is 1.59. The van der Waals surface area contributed by atoms with Crippen molar-refractivity contribution in [3.8, 4) is 0 Å². The van der Waals surface area contributed by atoms with Crippen LogP contribution in [0.1, 0.15) is 72.8 Å². The van der Waals surface area contributed by atoms with Crippen molar-refractivity contribution in [2.24, 2.45) is 11.8 Å². The number of amides is 3. The fraction of sp³-hybridized carbons (Fsp3) is 0.545. The lowest BCUT2D eigenvalue weighted by molar-refractivity contribution is -0.145. The maximum Gasteiger partial charge on any atom is 0.416 e. The summed E-state index contributed by atoms with van der Waals surface area (Å²) in [5.74, 6) is -2.30. The third-order valence-electron chi connectivity index (χ3n) is 9.03.